The van der Waals surface area contributed by atoms with Crippen LogP contribution in [0.15, 0.2) is 18.2 Å². The smallest absolute Gasteiger partial charge is 0.229 e. The van der Waals surface area contributed by atoms with Gasteiger partial charge in [-0.2, -0.15) is 0 Å². The van der Waals surface area contributed by atoms with Gasteiger partial charge in [-0.3, -0.25) is 4.57 Å². The zero-order valence-electron chi connectivity index (χ0n) is 11.9. The van der Waals surface area contributed by atoms with Crippen LogP contribution in [0, 0.1) is 18.6 Å². The number of aryl methyl sites for hydroxylation is 2. The van der Waals surface area contributed by atoms with E-state index >= 15 is 0 Å². The van der Waals surface area contributed by atoms with Gasteiger partial charge in [-0.25, -0.2) is 5.10 Å². The highest BCUT2D eigenvalue weighted by Crippen LogP contribution is 2.26. The molecule has 1 heterocycles. The normalized spacial score (nSPS) is 10.7. The van der Waals surface area contributed by atoms with Crippen molar-refractivity contribution in [2.45, 2.75) is 33.7 Å². The van der Waals surface area contributed by atoms with Gasteiger partial charge < -0.3 is 4.90 Å². The Bertz CT molecular complexity index is 627. The Hall–Kier alpha value is -1.62. The standard InChI is InChI=1S/C14H20N4S/c1-5-8-18-13(15-16-14(18)19)17(4)12-7-6-10(2)9-11(12)3/h6-7,9H,5,8H2,1-4H3,(H,16,19). The van der Waals surface area contributed by atoms with E-state index in [2.05, 4.69) is 54.1 Å². The van der Waals surface area contributed by atoms with Crippen molar-refractivity contribution in [2.75, 3.05) is 11.9 Å². The molecule has 1 aromatic carbocycles. The third-order valence-corrected chi connectivity index (χ3v) is 3.51. The number of aromatic amines is 1. The number of rotatable bonds is 4. The van der Waals surface area contributed by atoms with Gasteiger partial charge in [-0.15, -0.1) is 5.10 Å². The Labute approximate surface area is 119 Å². The highest BCUT2D eigenvalue weighted by atomic mass is 32.1. The van der Waals surface area contributed by atoms with Crippen LogP contribution in [0.25, 0.3) is 0 Å². The predicted octanol–water partition coefficient (Wildman–Crippen LogP) is 3.74. The van der Waals surface area contributed by atoms with Crippen molar-refractivity contribution in [1.29, 1.82) is 0 Å². The highest BCUT2D eigenvalue weighted by molar-refractivity contribution is 7.71. The van der Waals surface area contributed by atoms with E-state index in [1.54, 1.807) is 0 Å². The molecule has 102 valence electrons. The average molecular weight is 276 g/mol. The Kier molecular flexibility index (Phi) is 4.04. The summed E-state index contributed by atoms with van der Waals surface area (Å²) < 4.78 is 2.71. The van der Waals surface area contributed by atoms with E-state index < -0.39 is 0 Å². The van der Waals surface area contributed by atoms with E-state index in [0.717, 1.165) is 24.6 Å². The first-order valence-corrected chi connectivity index (χ1v) is 6.91. The number of H-pyrrole nitrogens is 1. The van der Waals surface area contributed by atoms with E-state index in [0.29, 0.717) is 4.77 Å². The molecule has 4 nitrogen and oxygen atoms in total. The SMILES string of the molecule is CCCn1c(N(C)c2ccc(C)cc2C)n[nH]c1=S. The van der Waals surface area contributed by atoms with Crippen LogP contribution in [0.2, 0.25) is 0 Å². The lowest BCUT2D eigenvalue weighted by Gasteiger charge is -2.21. The fourth-order valence-corrected chi connectivity index (χ4v) is 2.50. The van der Waals surface area contributed by atoms with Gasteiger partial charge in [0.25, 0.3) is 0 Å². The number of anilines is 2. The second-order valence-electron chi connectivity index (χ2n) is 4.83. The van der Waals surface area contributed by atoms with Crippen molar-refractivity contribution in [1.82, 2.24) is 14.8 Å². The number of aromatic nitrogens is 3. The van der Waals surface area contributed by atoms with Crippen molar-refractivity contribution in [3.05, 3.63) is 34.1 Å². The molecular weight excluding hydrogens is 256 g/mol. The molecular formula is C14H20N4S. The molecule has 1 aromatic heterocycles. The summed E-state index contributed by atoms with van der Waals surface area (Å²) in [5.41, 5.74) is 3.65. The van der Waals surface area contributed by atoms with Crippen molar-refractivity contribution < 1.29 is 0 Å². The van der Waals surface area contributed by atoms with Crippen molar-refractivity contribution in [2.24, 2.45) is 0 Å². The lowest BCUT2D eigenvalue weighted by molar-refractivity contribution is 0.667. The summed E-state index contributed by atoms with van der Waals surface area (Å²) in [7, 11) is 2.02. The van der Waals surface area contributed by atoms with Gasteiger partial charge in [0, 0.05) is 19.3 Å². The van der Waals surface area contributed by atoms with Gasteiger partial charge in [-0.05, 0) is 44.1 Å². The minimum absolute atomic E-state index is 0.675. The fourth-order valence-electron chi connectivity index (χ4n) is 2.28. The first-order chi connectivity index (χ1) is 9.04. The van der Waals surface area contributed by atoms with Gasteiger partial charge >= 0.3 is 0 Å². The molecule has 0 atom stereocenters. The maximum atomic E-state index is 5.28. The average Bonchev–Trinajstić information content (AvgIpc) is 2.71. The summed E-state index contributed by atoms with van der Waals surface area (Å²) in [4.78, 5) is 2.08. The van der Waals surface area contributed by atoms with Crippen LogP contribution in [-0.4, -0.2) is 21.8 Å². The second-order valence-corrected chi connectivity index (χ2v) is 5.22. The Morgan fingerprint density at radius 3 is 2.74 bits per heavy atom. The summed E-state index contributed by atoms with van der Waals surface area (Å²) >= 11 is 5.28. The summed E-state index contributed by atoms with van der Waals surface area (Å²) in [5, 5.41) is 7.22. The molecule has 5 heteroatoms. The van der Waals surface area contributed by atoms with Gasteiger partial charge in [0.05, 0.1) is 0 Å². The maximum absolute atomic E-state index is 5.28. The van der Waals surface area contributed by atoms with E-state index in [-0.39, 0.29) is 0 Å². The summed E-state index contributed by atoms with van der Waals surface area (Å²) in [5.74, 6) is 0.860. The zero-order chi connectivity index (χ0) is 14.0. The molecule has 2 aromatic rings. The number of nitrogens with zero attached hydrogens (tertiary/aromatic N) is 3. The lowest BCUT2D eigenvalue weighted by Crippen LogP contribution is -2.17. The van der Waals surface area contributed by atoms with E-state index in [4.69, 9.17) is 12.2 Å². The van der Waals surface area contributed by atoms with Crippen LogP contribution in [0.5, 0.6) is 0 Å². The maximum Gasteiger partial charge on any atom is 0.229 e. The van der Waals surface area contributed by atoms with Crippen molar-refractivity contribution in [3.63, 3.8) is 0 Å². The molecule has 19 heavy (non-hydrogen) atoms. The molecule has 0 radical (unpaired) electrons. The minimum Gasteiger partial charge on any atom is -0.313 e. The van der Waals surface area contributed by atoms with Crippen LogP contribution in [0.4, 0.5) is 11.6 Å². The topological polar surface area (TPSA) is 36.9 Å². The highest BCUT2D eigenvalue weighted by Gasteiger charge is 2.13. The van der Waals surface area contributed by atoms with Gasteiger partial charge in [0.2, 0.25) is 5.95 Å². The first-order valence-electron chi connectivity index (χ1n) is 6.50. The molecule has 0 unspecified atom stereocenters. The molecule has 0 bridgehead atoms. The molecule has 0 aliphatic rings. The molecule has 2 rings (SSSR count). The van der Waals surface area contributed by atoms with Crippen molar-refractivity contribution in [3.8, 4) is 0 Å². The molecule has 0 saturated heterocycles. The summed E-state index contributed by atoms with van der Waals surface area (Å²) in [6.45, 7) is 7.23. The predicted molar refractivity (Wildman–Crippen MR) is 81.7 cm³/mol. The summed E-state index contributed by atoms with van der Waals surface area (Å²) in [6, 6.07) is 6.42. The number of benzene rings is 1. The van der Waals surface area contributed by atoms with Crippen LogP contribution in [0.1, 0.15) is 24.5 Å². The largest absolute Gasteiger partial charge is 0.313 e. The minimum atomic E-state index is 0.675. The molecule has 1 N–H and O–H groups in total. The van der Waals surface area contributed by atoms with Crippen LogP contribution in [0.3, 0.4) is 0 Å². The monoisotopic (exact) mass is 276 g/mol. The third kappa shape index (κ3) is 2.71. The Morgan fingerprint density at radius 2 is 2.11 bits per heavy atom. The summed E-state index contributed by atoms with van der Waals surface area (Å²) in [6.07, 6.45) is 1.03. The van der Waals surface area contributed by atoms with Crippen LogP contribution in [-0.2, 0) is 6.54 Å². The molecule has 0 aliphatic carbocycles. The molecule has 0 amide bonds. The zero-order valence-corrected chi connectivity index (χ0v) is 12.7. The molecule has 0 spiro atoms. The quantitative estimate of drug-likeness (QED) is 0.864. The van der Waals surface area contributed by atoms with Crippen LogP contribution >= 0.6 is 12.2 Å². The van der Waals surface area contributed by atoms with Gasteiger partial charge in [0.15, 0.2) is 4.77 Å². The van der Waals surface area contributed by atoms with Crippen molar-refractivity contribution >= 4 is 23.9 Å². The molecule has 0 saturated carbocycles. The van der Waals surface area contributed by atoms with Crippen LogP contribution < -0.4 is 4.90 Å². The third-order valence-electron chi connectivity index (χ3n) is 3.20. The van der Waals surface area contributed by atoms with Gasteiger partial charge in [0.1, 0.15) is 0 Å². The number of hydrogen-bond donors (Lipinski definition) is 1. The molecule has 0 aliphatic heterocycles. The fraction of sp³-hybridized carbons (Fsp3) is 0.429. The van der Waals surface area contributed by atoms with E-state index in [1.807, 2.05) is 11.6 Å². The Morgan fingerprint density at radius 1 is 1.37 bits per heavy atom. The molecule has 0 fully saturated rings. The second kappa shape index (κ2) is 5.57. The van der Waals surface area contributed by atoms with E-state index in [1.165, 1.54) is 11.1 Å². The van der Waals surface area contributed by atoms with E-state index in [9.17, 15) is 0 Å². The first kappa shape index (κ1) is 13.8. The number of nitrogens with one attached hydrogen (secondary N) is 1. The van der Waals surface area contributed by atoms with Gasteiger partial charge in [-0.1, -0.05) is 24.6 Å². The lowest BCUT2D eigenvalue weighted by atomic mass is 10.1. The number of hydrogen-bond acceptors (Lipinski definition) is 3. The Balaban J connectivity index is 2.44.